The van der Waals surface area contributed by atoms with Gasteiger partial charge in [-0.15, -0.1) is 0 Å². The molecular formula is C14H22N2O2. The Balaban J connectivity index is 2.85. The van der Waals surface area contributed by atoms with Crippen LogP contribution in [-0.2, 0) is 4.79 Å². The molecule has 4 heteroatoms. The Morgan fingerprint density at radius 3 is 2.39 bits per heavy atom. The molecule has 18 heavy (non-hydrogen) atoms. The SMILES string of the molecule is COc1ccc(C(CCN)C(=O)NC(C)C)cc1. The van der Waals surface area contributed by atoms with Crippen LogP contribution in [0.3, 0.4) is 0 Å². The molecule has 100 valence electrons. The zero-order valence-electron chi connectivity index (χ0n) is 11.3. The second kappa shape index (κ2) is 7.01. The Morgan fingerprint density at radius 1 is 1.33 bits per heavy atom. The van der Waals surface area contributed by atoms with Crippen LogP contribution in [0.15, 0.2) is 24.3 Å². The molecule has 0 spiro atoms. The minimum atomic E-state index is -0.191. The molecule has 1 atom stereocenters. The van der Waals surface area contributed by atoms with Crippen molar-refractivity contribution < 1.29 is 9.53 Å². The summed E-state index contributed by atoms with van der Waals surface area (Å²) in [5.74, 6) is 0.624. The predicted octanol–water partition coefficient (Wildman–Crippen LogP) is 1.65. The number of rotatable bonds is 6. The van der Waals surface area contributed by atoms with Gasteiger partial charge < -0.3 is 15.8 Å². The number of carbonyl (C=O) groups excluding carboxylic acids is 1. The summed E-state index contributed by atoms with van der Waals surface area (Å²) in [4.78, 5) is 12.1. The average molecular weight is 250 g/mol. The summed E-state index contributed by atoms with van der Waals surface area (Å²) < 4.78 is 5.11. The number of benzene rings is 1. The summed E-state index contributed by atoms with van der Waals surface area (Å²) in [6, 6.07) is 7.69. The third-order valence-corrected chi connectivity index (χ3v) is 2.72. The van der Waals surface area contributed by atoms with Crippen molar-refractivity contribution in [3.05, 3.63) is 29.8 Å². The summed E-state index contributed by atoms with van der Waals surface area (Å²) in [5, 5.41) is 2.93. The highest BCUT2D eigenvalue weighted by Crippen LogP contribution is 2.22. The first-order valence-corrected chi connectivity index (χ1v) is 6.23. The van der Waals surface area contributed by atoms with E-state index in [1.807, 2.05) is 38.1 Å². The van der Waals surface area contributed by atoms with Crippen molar-refractivity contribution in [2.75, 3.05) is 13.7 Å². The van der Waals surface area contributed by atoms with Crippen LogP contribution in [0.5, 0.6) is 5.75 Å². The molecule has 0 aromatic heterocycles. The van der Waals surface area contributed by atoms with E-state index in [1.165, 1.54) is 0 Å². The van der Waals surface area contributed by atoms with Gasteiger partial charge in [-0.25, -0.2) is 0 Å². The van der Waals surface area contributed by atoms with E-state index in [0.29, 0.717) is 13.0 Å². The fourth-order valence-corrected chi connectivity index (χ4v) is 1.84. The van der Waals surface area contributed by atoms with Gasteiger partial charge in [0.15, 0.2) is 0 Å². The molecule has 0 fully saturated rings. The smallest absolute Gasteiger partial charge is 0.227 e. The van der Waals surface area contributed by atoms with Gasteiger partial charge >= 0.3 is 0 Å². The summed E-state index contributed by atoms with van der Waals surface area (Å²) in [5.41, 5.74) is 6.56. The fourth-order valence-electron chi connectivity index (χ4n) is 1.84. The maximum Gasteiger partial charge on any atom is 0.227 e. The van der Waals surface area contributed by atoms with Crippen molar-refractivity contribution in [2.45, 2.75) is 32.2 Å². The van der Waals surface area contributed by atoms with Gasteiger partial charge in [-0.1, -0.05) is 12.1 Å². The van der Waals surface area contributed by atoms with Gasteiger partial charge in [0.1, 0.15) is 5.75 Å². The molecule has 3 N–H and O–H groups in total. The van der Waals surface area contributed by atoms with Crippen molar-refractivity contribution in [2.24, 2.45) is 5.73 Å². The number of carbonyl (C=O) groups is 1. The van der Waals surface area contributed by atoms with Crippen LogP contribution in [0.2, 0.25) is 0 Å². The summed E-state index contributed by atoms with van der Waals surface area (Å²) in [6.07, 6.45) is 0.644. The van der Waals surface area contributed by atoms with Crippen LogP contribution in [0.4, 0.5) is 0 Å². The highest BCUT2D eigenvalue weighted by atomic mass is 16.5. The van der Waals surface area contributed by atoms with Crippen LogP contribution < -0.4 is 15.8 Å². The fraction of sp³-hybridized carbons (Fsp3) is 0.500. The van der Waals surface area contributed by atoms with E-state index in [2.05, 4.69) is 5.32 Å². The molecule has 1 unspecified atom stereocenters. The average Bonchev–Trinajstić information content (AvgIpc) is 2.35. The summed E-state index contributed by atoms with van der Waals surface area (Å²) in [6.45, 7) is 4.39. The normalized spacial score (nSPS) is 12.3. The first-order chi connectivity index (χ1) is 8.58. The standard InChI is InChI=1S/C14H22N2O2/c1-10(2)16-14(17)13(8-9-15)11-4-6-12(18-3)7-5-11/h4-7,10,13H,8-9,15H2,1-3H3,(H,16,17). The Bertz CT molecular complexity index is 374. The number of ether oxygens (including phenoxy) is 1. The zero-order valence-corrected chi connectivity index (χ0v) is 11.3. The van der Waals surface area contributed by atoms with Gasteiger partial charge in [0.2, 0.25) is 5.91 Å². The van der Waals surface area contributed by atoms with Crippen LogP contribution in [0.1, 0.15) is 31.7 Å². The summed E-state index contributed by atoms with van der Waals surface area (Å²) in [7, 11) is 1.62. The van der Waals surface area contributed by atoms with Crippen molar-refractivity contribution in [1.29, 1.82) is 0 Å². The second-order valence-electron chi connectivity index (χ2n) is 4.57. The van der Waals surface area contributed by atoms with Gasteiger partial charge in [0, 0.05) is 6.04 Å². The monoisotopic (exact) mass is 250 g/mol. The zero-order chi connectivity index (χ0) is 13.5. The molecule has 0 saturated heterocycles. The molecular weight excluding hydrogens is 228 g/mol. The minimum Gasteiger partial charge on any atom is -0.497 e. The molecule has 1 rings (SSSR count). The molecule has 1 aromatic carbocycles. The lowest BCUT2D eigenvalue weighted by atomic mass is 9.94. The van der Waals surface area contributed by atoms with Crippen molar-refractivity contribution in [3.8, 4) is 5.75 Å². The van der Waals surface area contributed by atoms with Gasteiger partial charge in [0.05, 0.1) is 13.0 Å². The Morgan fingerprint density at radius 2 is 1.94 bits per heavy atom. The molecule has 0 aliphatic rings. The second-order valence-corrected chi connectivity index (χ2v) is 4.57. The number of hydrogen-bond donors (Lipinski definition) is 2. The maximum absolute atomic E-state index is 12.1. The van der Waals surface area contributed by atoms with E-state index in [9.17, 15) is 4.79 Å². The van der Waals surface area contributed by atoms with Gasteiger partial charge in [0.25, 0.3) is 0 Å². The molecule has 0 bridgehead atoms. The van der Waals surface area contributed by atoms with E-state index >= 15 is 0 Å². The van der Waals surface area contributed by atoms with Gasteiger partial charge in [-0.3, -0.25) is 4.79 Å². The molecule has 0 radical (unpaired) electrons. The number of hydrogen-bond acceptors (Lipinski definition) is 3. The van der Waals surface area contributed by atoms with E-state index in [0.717, 1.165) is 11.3 Å². The minimum absolute atomic E-state index is 0.0283. The highest BCUT2D eigenvalue weighted by molar-refractivity contribution is 5.83. The van der Waals surface area contributed by atoms with Gasteiger partial charge in [-0.05, 0) is 44.5 Å². The third kappa shape index (κ3) is 4.04. The molecule has 0 heterocycles. The van der Waals surface area contributed by atoms with Crippen molar-refractivity contribution in [1.82, 2.24) is 5.32 Å². The lowest BCUT2D eigenvalue weighted by Gasteiger charge is -2.18. The third-order valence-electron chi connectivity index (χ3n) is 2.72. The molecule has 4 nitrogen and oxygen atoms in total. The predicted molar refractivity (Wildman–Crippen MR) is 72.7 cm³/mol. The van der Waals surface area contributed by atoms with E-state index in [1.54, 1.807) is 7.11 Å². The van der Waals surface area contributed by atoms with Crippen LogP contribution in [0.25, 0.3) is 0 Å². The lowest BCUT2D eigenvalue weighted by Crippen LogP contribution is -2.35. The Kier molecular flexibility index (Phi) is 5.65. The number of methoxy groups -OCH3 is 1. The lowest BCUT2D eigenvalue weighted by molar-refractivity contribution is -0.123. The highest BCUT2D eigenvalue weighted by Gasteiger charge is 2.20. The molecule has 0 saturated carbocycles. The summed E-state index contributed by atoms with van der Waals surface area (Å²) >= 11 is 0. The molecule has 1 aromatic rings. The van der Waals surface area contributed by atoms with E-state index < -0.39 is 0 Å². The van der Waals surface area contributed by atoms with Crippen LogP contribution in [0, 0.1) is 0 Å². The van der Waals surface area contributed by atoms with E-state index in [-0.39, 0.29) is 17.9 Å². The molecule has 1 amide bonds. The van der Waals surface area contributed by atoms with Crippen molar-refractivity contribution >= 4 is 5.91 Å². The number of nitrogens with one attached hydrogen (secondary N) is 1. The topological polar surface area (TPSA) is 64.3 Å². The number of nitrogens with two attached hydrogens (primary N) is 1. The van der Waals surface area contributed by atoms with Crippen molar-refractivity contribution in [3.63, 3.8) is 0 Å². The first kappa shape index (κ1) is 14.5. The maximum atomic E-state index is 12.1. The van der Waals surface area contributed by atoms with E-state index in [4.69, 9.17) is 10.5 Å². The Hall–Kier alpha value is -1.55. The van der Waals surface area contributed by atoms with Crippen LogP contribution in [-0.4, -0.2) is 25.6 Å². The number of amides is 1. The van der Waals surface area contributed by atoms with Crippen LogP contribution >= 0.6 is 0 Å². The largest absolute Gasteiger partial charge is 0.497 e. The molecule has 0 aliphatic carbocycles. The Labute approximate surface area is 109 Å². The van der Waals surface area contributed by atoms with Gasteiger partial charge in [-0.2, -0.15) is 0 Å². The quantitative estimate of drug-likeness (QED) is 0.807. The molecule has 0 aliphatic heterocycles. The first-order valence-electron chi connectivity index (χ1n) is 6.23.